The molecule has 3 saturated heterocycles. The Morgan fingerprint density at radius 2 is 1.32 bits per heavy atom. The first-order valence-corrected chi connectivity index (χ1v) is 12.1. The highest BCUT2D eigenvalue weighted by atomic mass is 16.7. The molecule has 38 heavy (non-hydrogen) atoms. The van der Waals surface area contributed by atoms with Gasteiger partial charge < -0.3 is 81.7 Å². The van der Waals surface area contributed by atoms with Crippen LogP contribution in [-0.4, -0.2) is 152 Å². The number of aliphatic hydroxyl groups excluding tert-OH is 8. The molecule has 0 aromatic carbocycles. The summed E-state index contributed by atoms with van der Waals surface area (Å²) in [5.41, 5.74) is 15.8. The van der Waals surface area contributed by atoms with Crippen LogP contribution < -0.4 is 17.2 Å². The van der Waals surface area contributed by atoms with Crippen LogP contribution >= 0.6 is 0 Å². The highest BCUT2D eigenvalue weighted by Crippen LogP contribution is 2.37. The molecule has 3 unspecified atom stereocenters. The van der Waals surface area contributed by atoms with Gasteiger partial charge in [-0.15, -0.1) is 0 Å². The van der Waals surface area contributed by atoms with Crippen LogP contribution in [0.5, 0.6) is 0 Å². The maximum atomic E-state index is 11.0. The molecule has 3 rings (SSSR count). The van der Waals surface area contributed by atoms with Crippen LogP contribution in [0.2, 0.25) is 0 Å². The van der Waals surface area contributed by atoms with Crippen molar-refractivity contribution in [3.8, 4) is 6.07 Å². The molecule has 17 nitrogen and oxygen atoms in total. The molecule has 0 saturated carbocycles. The summed E-state index contributed by atoms with van der Waals surface area (Å²) in [6.07, 6.45) is -16.7. The summed E-state index contributed by atoms with van der Waals surface area (Å²) in [5.74, 6) is -1.13. The van der Waals surface area contributed by atoms with E-state index in [1.165, 1.54) is 6.92 Å². The van der Waals surface area contributed by atoms with Gasteiger partial charge >= 0.3 is 0 Å². The average Bonchev–Trinajstić information content (AvgIpc) is 2.92. The van der Waals surface area contributed by atoms with Crippen molar-refractivity contribution in [1.29, 1.82) is 5.26 Å². The Bertz CT molecular complexity index is 820. The van der Waals surface area contributed by atoms with Gasteiger partial charge in [0.05, 0.1) is 49.9 Å². The van der Waals surface area contributed by atoms with Gasteiger partial charge in [-0.05, 0) is 6.92 Å². The largest absolute Gasteiger partial charge is 0.394 e. The van der Waals surface area contributed by atoms with Crippen molar-refractivity contribution in [2.45, 2.75) is 98.4 Å². The van der Waals surface area contributed by atoms with Crippen LogP contribution in [0.3, 0.4) is 0 Å². The maximum absolute atomic E-state index is 11.0. The third-order valence-electron chi connectivity index (χ3n) is 7.45. The van der Waals surface area contributed by atoms with Crippen molar-refractivity contribution in [3.05, 3.63) is 0 Å². The van der Waals surface area contributed by atoms with Crippen LogP contribution in [0.25, 0.3) is 0 Å². The van der Waals surface area contributed by atoms with Gasteiger partial charge in [0.1, 0.15) is 54.4 Å². The van der Waals surface area contributed by atoms with Crippen molar-refractivity contribution in [2.24, 2.45) is 23.1 Å². The van der Waals surface area contributed by atoms with Crippen LogP contribution in [0.1, 0.15) is 6.92 Å². The molecular formula is C21H38N4O13. The first kappa shape index (κ1) is 31.4. The molecule has 3 fully saturated rings. The first-order chi connectivity index (χ1) is 17.9. The molecule has 3 aliphatic heterocycles. The minimum atomic E-state index is -1.99. The van der Waals surface area contributed by atoms with Gasteiger partial charge in [-0.25, -0.2) is 0 Å². The lowest BCUT2D eigenvalue weighted by molar-refractivity contribution is -0.363. The summed E-state index contributed by atoms with van der Waals surface area (Å²) in [6, 6.07) is -2.27. The van der Waals surface area contributed by atoms with Gasteiger partial charge in [0, 0.05) is 0 Å². The van der Waals surface area contributed by atoms with E-state index in [2.05, 4.69) is 0 Å². The molecule has 0 aromatic rings. The highest BCUT2D eigenvalue weighted by Gasteiger charge is 2.58. The fourth-order valence-corrected chi connectivity index (χ4v) is 4.84. The molecule has 3 heterocycles. The van der Waals surface area contributed by atoms with E-state index in [0.29, 0.717) is 0 Å². The molecule has 0 aliphatic carbocycles. The number of rotatable bonds is 8. The van der Waals surface area contributed by atoms with Crippen molar-refractivity contribution >= 4 is 0 Å². The zero-order valence-corrected chi connectivity index (χ0v) is 20.6. The monoisotopic (exact) mass is 554 g/mol. The van der Waals surface area contributed by atoms with E-state index in [1.807, 2.05) is 6.07 Å². The molecule has 14 N–H and O–H groups in total. The summed E-state index contributed by atoms with van der Waals surface area (Å²) < 4.78 is 27.9. The molecule has 0 spiro atoms. The molecule has 0 aromatic heterocycles. The number of aliphatic hydroxyl groups is 8. The van der Waals surface area contributed by atoms with Crippen LogP contribution in [0.4, 0.5) is 0 Å². The van der Waals surface area contributed by atoms with Crippen molar-refractivity contribution in [1.82, 2.24) is 0 Å². The van der Waals surface area contributed by atoms with E-state index in [1.54, 1.807) is 0 Å². The lowest BCUT2D eigenvalue weighted by Gasteiger charge is -2.51. The summed E-state index contributed by atoms with van der Waals surface area (Å²) in [4.78, 5) is 0. The fourth-order valence-electron chi connectivity index (χ4n) is 4.84. The summed E-state index contributed by atoms with van der Waals surface area (Å²) in [6.45, 7) is -0.971. The van der Waals surface area contributed by atoms with Gasteiger partial charge in [-0.3, -0.25) is 0 Å². The first-order valence-electron chi connectivity index (χ1n) is 12.1. The van der Waals surface area contributed by atoms with Crippen LogP contribution in [-0.2, 0) is 23.7 Å². The molecule has 0 bridgehead atoms. The van der Waals surface area contributed by atoms with Crippen LogP contribution in [0, 0.1) is 17.2 Å². The van der Waals surface area contributed by atoms with Crippen molar-refractivity contribution < 1.29 is 64.5 Å². The number of hydrogen-bond donors (Lipinski definition) is 11. The number of nitrogens with zero attached hydrogens (tertiary/aromatic N) is 1. The molecule has 0 amide bonds. The quantitative estimate of drug-likeness (QED) is 0.133. The van der Waals surface area contributed by atoms with Crippen molar-refractivity contribution in [3.63, 3.8) is 0 Å². The second-order valence-electron chi connectivity index (χ2n) is 9.77. The highest BCUT2D eigenvalue weighted by molar-refractivity contribution is 5.09. The predicted octanol–water partition coefficient (Wildman–Crippen LogP) is -7.14. The number of nitrogens with two attached hydrogens (primary N) is 3. The van der Waals surface area contributed by atoms with Gasteiger partial charge in [0.2, 0.25) is 0 Å². The topological polar surface area (TPSA) is 310 Å². The third kappa shape index (κ3) is 5.55. The molecular weight excluding hydrogens is 516 g/mol. The second-order valence-corrected chi connectivity index (χ2v) is 9.77. The number of hydrogen-bond acceptors (Lipinski definition) is 17. The molecule has 17 heteroatoms. The smallest absolute Gasteiger partial charge is 0.176 e. The lowest BCUT2D eigenvalue weighted by Crippen LogP contribution is -2.72. The van der Waals surface area contributed by atoms with Gasteiger partial charge in [-0.1, -0.05) is 0 Å². The minimum absolute atomic E-state index is 0.677. The summed E-state index contributed by atoms with van der Waals surface area (Å²) in [5, 5.41) is 91.1. The van der Waals surface area contributed by atoms with E-state index in [-0.39, 0.29) is 0 Å². The Kier molecular flexibility index (Phi) is 10.4. The number of nitriles is 1. The van der Waals surface area contributed by atoms with E-state index >= 15 is 0 Å². The predicted molar refractivity (Wildman–Crippen MR) is 121 cm³/mol. The summed E-state index contributed by atoms with van der Waals surface area (Å²) >= 11 is 0. The summed E-state index contributed by atoms with van der Waals surface area (Å²) in [7, 11) is 0. The molecule has 3 aliphatic rings. The van der Waals surface area contributed by atoms with E-state index in [4.69, 9.17) is 40.9 Å². The standard InChI is InChI=1S/C21H38N4O13/c1-6(2-22)21(5-28)17(32)14(31)11(25)20(38-21)37-16-8(4-27)35-19(10(24)13(16)30)36-15-7(3-26)34-18(33)9(23)12(15)29/h6-20,26-33H,3-5,23-25H2,1H3/t6?,7-,8-,9-,10-,11-,12-,13-,14-,15?,16?,17+,18-,19+,20+,21+/m1/s1. The molecule has 220 valence electrons. The SMILES string of the molecule is CC(C#N)[C@]1(CO)O[C@H](OC2[C@@H](CO)O[C@@H](OC3[C@@H](CO)O[C@@H](O)[C@H](N)[C@H]3O)[C@H](N)[C@H]2O)[C@H](N)[C@@H](O)[C@@H]1O. The third-order valence-corrected chi connectivity index (χ3v) is 7.45. The van der Waals surface area contributed by atoms with Gasteiger partial charge in [0.15, 0.2) is 18.9 Å². The normalized spacial score (nSPS) is 50.8. The van der Waals surface area contributed by atoms with E-state index in [9.17, 15) is 46.1 Å². The second kappa shape index (κ2) is 12.6. The Morgan fingerprint density at radius 1 is 0.816 bits per heavy atom. The average molecular weight is 555 g/mol. The number of ether oxygens (including phenoxy) is 5. The fraction of sp³-hybridized carbons (Fsp3) is 0.952. The Morgan fingerprint density at radius 3 is 1.84 bits per heavy atom. The van der Waals surface area contributed by atoms with Gasteiger partial charge in [-0.2, -0.15) is 5.26 Å². The van der Waals surface area contributed by atoms with Crippen molar-refractivity contribution in [2.75, 3.05) is 19.8 Å². The molecule has 16 atom stereocenters. The zero-order chi connectivity index (χ0) is 28.5. The lowest BCUT2D eigenvalue weighted by atomic mass is 9.78. The zero-order valence-electron chi connectivity index (χ0n) is 20.6. The van der Waals surface area contributed by atoms with Gasteiger partial charge in [0.25, 0.3) is 0 Å². The molecule has 0 radical (unpaired) electrons. The van der Waals surface area contributed by atoms with Crippen LogP contribution in [0.15, 0.2) is 0 Å². The minimum Gasteiger partial charge on any atom is -0.394 e. The Balaban J connectivity index is 1.79. The van der Waals surface area contributed by atoms with E-state index in [0.717, 1.165) is 0 Å². The van der Waals surface area contributed by atoms with E-state index < -0.39 is 117 Å². The maximum Gasteiger partial charge on any atom is 0.176 e. The Hall–Kier alpha value is -1.15. The Labute approximate surface area is 217 Å².